The Balaban J connectivity index is 2.02. The van der Waals surface area contributed by atoms with Gasteiger partial charge >= 0.3 is 0 Å². The molecule has 0 spiro atoms. The van der Waals surface area contributed by atoms with Gasteiger partial charge in [0, 0.05) is 23.3 Å². The molecule has 1 aromatic heterocycles. The molecule has 0 atom stereocenters. The first kappa shape index (κ1) is 12.3. The molecule has 0 aliphatic rings. The van der Waals surface area contributed by atoms with Gasteiger partial charge in [0.1, 0.15) is 17.2 Å². The minimum atomic E-state index is 0.684. The average Bonchev–Trinajstić information content (AvgIpc) is 2.47. The van der Waals surface area contributed by atoms with Crippen LogP contribution >= 0.6 is 0 Å². The molecule has 0 saturated carbocycles. The van der Waals surface area contributed by atoms with Crippen molar-refractivity contribution in [3.05, 3.63) is 54.7 Å². The van der Waals surface area contributed by atoms with Crippen LogP contribution in [0.3, 0.4) is 0 Å². The molecule has 2 N–H and O–H groups in total. The Morgan fingerprint density at radius 3 is 2.70 bits per heavy atom. The number of anilines is 1. The number of nitrogens with two attached hydrogens (primary N) is 1. The van der Waals surface area contributed by atoms with Gasteiger partial charge in [0.25, 0.3) is 0 Å². The van der Waals surface area contributed by atoms with E-state index < -0.39 is 0 Å². The summed E-state index contributed by atoms with van der Waals surface area (Å²) in [7, 11) is 1.63. The minimum absolute atomic E-state index is 0.684. The van der Waals surface area contributed by atoms with E-state index in [2.05, 4.69) is 4.98 Å². The molecule has 0 aliphatic carbocycles. The lowest BCUT2D eigenvalue weighted by atomic mass is 10.2. The van der Waals surface area contributed by atoms with Crippen molar-refractivity contribution in [1.82, 2.24) is 4.98 Å². The molecule has 0 fully saturated rings. The van der Waals surface area contributed by atoms with Gasteiger partial charge in [0.15, 0.2) is 0 Å². The van der Waals surface area contributed by atoms with Gasteiger partial charge in [-0.05, 0) is 36.4 Å². The molecule has 0 unspecified atom stereocenters. The van der Waals surface area contributed by atoms with Gasteiger partial charge in [0.05, 0.1) is 12.6 Å². The highest BCUT2D eigenvalue weighted by molar-refractivity contribution is 5.87. The number of pyridine rings is 1. The lowest BCUT2D eigenvalue weighted by Crippen LogP contribution is -1.90. The summed E-state index contributed by atoms with van der Waals surface area (Å²) in [5.41, 5.74) is 7.26. The van der Waals surface area contributed by atoms with Gasteiger partial charge in [-0.1, -0.05) is 6.07 Å². The summed E-state index contributed by atoms with van der Waals surface area (Å²) in [6.45, 7) is 0. The van der Waals surface area contributed by atoms with Crippen LogP contribution < -0.4 is 15.2 Å². The second kappa shape index (κ2) is 5.09. The van der Waals surface area contributed by atoms with Crippen molar-refractivity contribution in [3.63, 3.8) is 0 Å². The zero-order chi connectivity index (χ0) is 13.9. The first-order chi connectivity index (χ1) is 9.76. The molecule has 2 aromatic carbocycles. The number of hydrogen-bond donors (Lipinski definition) is 1. The Hall–Kier alpha value is -2.75. The van der Waals surface area contributed by atoms with Crippen molar-refractivity contribution in [3.8, 4) is 17.2 Å². The fourth-order valence-corrected chi connectivity index (χ4v) is 2.02. The van der Waals surface area contributed by atoms with Crippen LogP contribution in [0.2, 0.25) is 0 Å². The maximum absolute atomic E-state index is 5.91. The fraction of sp³-hybridized carbons (Fsp3) is 0.0625. The van der Waals surface area contributed by atoms with E-state index in [0.717, 1.165) is 22.4 Å². The maximum atomic E-state index is 5.91. The Kier molecular flexibility index (Phi) is 3.13. The highest BCUT2D eigenvalue weighted by Gasteiger charge is 2.05. The van der Waals surface area contributed by atoms with Crippen molar-refractivity contribution < 1.29 is 9.47 Å². The third kappa shape index (κ3) is 2.36. The molecule has 4 nitrogen and oxygen atoms in total. The molecule has 0 amide bonds. The third-order valence-electron chi connectivity index (χ3n) is 3.00. The Labute approximate surface area is 116 Å². The summed E-state index contributed by atoms with van der Waals surface area (Å²) in [6.07, 6.45) is 1.71. The zero-order valence-corrected chi connectivity index (χ0v) is 11.0. The quantitative estimate of drug-likeness (QED) is 0.736. The summed E-state index contributed by atoms with van der Waals surface area (Å²) in [6, 6.07) is 14.9. The highest BCUT2D eigenvalue weighted by Crippen LogP contribution is 2.31. The van der Waals surface area contributed by atoms with Crippen molar-refractivity contribution in [1.29, 1.82) is 0 Å². The van der Waals surface area contributed by atoms with Crippen molar-refractivity contribution >= 4 is 16.6 Å². The number of rotatable bonds is 3. The number of ether oxygens (including phenoxy) is 2. The monoisotopic (exact) mass is 266 g/mol. The normalized spacial score (nSPS) is 10.4. The molecule has 100 valence electrons. The number of nitrogen functional groups attached to an aromatic ring is 1. The van der Waals surface area contributed by atoms with E-state index in [9.17, 15) is 0 Å². The van der Waals surface area contributed by atoms with E-state index in [0.29, 0.717) is 11.4 Å². The van der Waals surface area contributed by atoms with Gasteiger partial charge in [-0.25, -0.2) is 0 Å². The largest absolute Gasteiger partial charge is 0.497 e. The number of nitrogens with zero attached hydrogens (tertiary/aromatic N) is 1. The number of aromatic nitrogens is 1. The van der Waals surface area contributed by atoms with Crippen LogP contribution in [-0.4, -0.2) is 12.1 Å². The van der Waals surface area contributed by atoms with Crippen molar-refractivity contribution in [2.45, 2.75) is 0 Å². The van der Waals surface area contributed by atoms with Crippen molar-refractivity contribution in [2.24, 2.45) is 0 Å². The van der Waals surface area contributed by atoms with Crippen LogP contribution in [0.5, 0.6) is 17.2 Å². The predicted molar refractivity (Wildman–Crippen MR) is 79.2 cm³/mol. The van der Waals surface area contributed by atoms with Gasteiger partial charge in [-0.3, -0.25) is 4.98 Å². The lowest BCUT2D eigenvalue weighted by Gasteiger charge is -2.09. The first-order valence-electron chi connectivity index (χ1n) is 6.22. The summed E-state index contributed by atoms with van der Waals surface area (Å²) >= 11 is 0. The Bertz CT molecular complexity index is 756. The fourth-order valence-electron chi connectivity index (χ4n) is 2.02. The predicted octanol–water partition coefficient (Wildman–Crippen LogP) is 3.62. The number of benzene rings is 2. The molecule has 4 heteroatoms. The molecule has 1 heterocycles. The van der Waals surface area contributed by atoms with Crippen LogP contribution in [-0.2, 0) is 0 Å². The smallest absolute Gasteiger partial charge is 0.138 e. The Morgan fingerprint density at radius 1 is 1.00 bits per heavy atom. The van der Waals surface area contributed by atoms with E-state index in [4.69, 9.17) is 15.2 Å². The molecular weight excluding hydrogens is 252 g/mol. The van der Waals surface area contributed by atoms with Crippen LogP contribution in [0, 0.1) is 0 Å². The van der Waals surface area contributed by atoms with Gasteiger partial charge < -0.3 is 15.2 Å². The maximum Gasteiger partial charge on any atom is 0.138 e. The average molecular weight is 266 g/mol. The zero-order valence-electron chi connectivity index (χ0n) is 11.0. The second-order valence-electron chi connectivity index (χ2n) is 4.37. The molecular formula is C16H14N2O2. The molecule has 0 aliphatic heterocycles. The van der Waals surface area contributed by atoms with Gasteiger partial charge in [-0.2, -0.15) is 0 Å². The van der Waals surface area contributed by atoms with Crippen LogP contribution in [0.1, 0.15) is 0 Å². The summed E-state index contributed by atoms with van der Waals surface area (Å²) < 4.78 is 11.1. The van der Waals surface area contributed by atoms with E-state index in [1.807, 2.05) is 48.5 Å². The van der Waals surface area contributed by atoms with Crippen LogP contribution in [0.4, 0.5) is 5.69 Å². The third-order valence-corrected chi connectivity index (χ3v) is 3.00. The molecule has 0 radical (unpaired) electrons. The van der Waals surface area contributed by atoms with Gasteiger partial charge in [0.2, 0.25) is 0 Å². The Morgan fingerprint density at radius 2 is 1.85 bits per heavy atom. The van der Waals surface area contributed by atoms with Gasteiger partial charge in [-0.15, -0.1) is 0 Å². The van der Waals surface area contributed by atoms with E-state index in [1.165, 1.54) is 0 Å². The standard InChI is InChI=1S/C16H14N2O2/c1-19-12-3-2-4-13(10-12)20-16-7-8-18-15-9-11(17)5-6-14(15)16/h2-10H,17H2,1H3. The van der Waals surface area contributed by atoms with Crippen LogP contribution in [0.25, 0.3) is 10.9 Å². The summed E-state index contributed by atoms with van der Waals surface area (Å²) in [4.78, 5) is 4.29. The lowest BCUT2D eigenvalue weighted by molar-refractivity contribution is 0.409. The SMILES string of the molecule is COc1cccc(Oc2ccnc3cc(N)ccc23)c1. The molecule has 3 rings (SSSR count). The number of hydrogen-bond acceptors (Lipinski definition) is 4. The first-order valence-corrected chi connectivity index (χ1v) is 6.22. The van der Waals surface area contributed by atoms with E-state index in [-0.39, 0.29) is 0 Å². The topological polar surface area (TPSA) is 57.4 Å². The number of methoxy groups -OCH3 is 1. The second-order valence-corrected chi connectivity index (χ2v) is 4.37. The molecule has 0 bridgehead atoms. The molecule has 3 aromatic rings. The summed E-state index contributed by atoms with van der Waals surface area (Å²) in [5.74, 6) is 2.21. The summed E-state index contributed by atoms with van der Waals surface area (Å²) in [5, 5.41) is 0.921. The number of fused-ring (bicyclic) bond motifs is 1. The molecule has 0 saturated heterocycles. The van der Waals surface area contributed by atoms with Crippen LogP contribution in [0.15, 0.2) is 54.7 Å². The van der Waals surface area contributed by atoms with E-state index >= 15 is 0 Å². The highest BCUT2D eigenvalue weighted by atomic mass is 16.5. The molecule has 20 heavy (non-hydrogen) atoms. The minimum Gasteiger partial charge on any atom is -0.497 e. The van der Waals surface area contributed by atoms with Crippen molar-refractivity contribution in [2.75, 3.05) is 12.8 Å². The van der Waals surface area contributed by atoms with E-state index in [1.54, 1.807) is 13.3 Å².